The molecule has 0 saturated heterocycles. The first-order valence-corrected chi connectivity index (χ1v) is 5.32. The van der Waals surface area contributed by atoms with Gasteiger partial charge in [-0.05, 0) is 13.8 Å². The zero-order valence-corrected chi connectivity index (χ0v) is 10.0. The molecule has 0 unspecified atom stereocenters. The lowest BCUT2D eigenvalue weighted by Crippen LogP contribution is -2.24. The van der Waals surface area contributed by atoms with Gasteiger partial charge in [0, 0.05) is 18.1 Å². The molecule has 0 amide bonds. The monoisotopic (exact) mass is 252 g/mol. The van der Waals surface area contributed by atoms with E-state index < -0.39 is 10.5 Å². The van der Waals surface area contributed by atoms with Crippen LogP contribution in [0.1, 0.15) is 25.0 Å². The number of hydrogen-bond donors (Lipinski definition) is 0. The molecule has 0 spiro atoms. The molecule has 5 nitrogen and oxygen atoms in total. The number of nitriles is 1. The molecule has 0 fully saturated rings. The van der Waals surface area contributed by atoms with Gasteiger partial charge in [0.25, 0.3) is 5.69 Å². The quantitative estimate of drug-likeness (QED) is 0.569. The van der Waals surface area contributed by atoms with Crippen molar-refractivity contribution < 1.29 is 9.66 Å². The summed E-state index contributed by atoms with van der Waals surface area (Å²) in [6, 6.07) is 3.25. The zero-order chi connectivity index (χ0) is 12.8. The van der Waals surface area contributed by atoms with E-state index in [-0.39, 0.29) is 16.3 Å². The molecule has 1 aliphatic rings. The Hall–Kier alpha value is -1.80. The molecule has 1 aromatic rings. The van der Waals surface area contributed by atoms with E-state index in [4.69, 9.17) is 21.6 Å². The summed E-state index contributed by atoms with van der Waals surface area (Å²) in [5, 5.41) is 19.7. The van der Waals surface area contributed by atoms with E-state index in [0.29, 0.717) is 17.7 Å². The highest BCUT2D eigenvalue weighted by atomic mass is 35.5. The third kappa shape index (κ3) is 1.81. The van der Waals surface area contributed by atoms with Crippen molar-refractivity contribution in [2.24, 2.45) is 0 Å². The van der Waals surface area contributed by atoms with Crippen LogP contribution in [-0.2, 0) is 6.42 Å². The predicted molar refractivity (Wildman–Crippen MR) is 61.2 cm³/mol. The molecule has 0 aliphatic carbocycles. The lowest BCUT2D eigenvalue weighted by atomic mass is 10.00. The largest absolute Gasteiger partial charge is 0.486 e. The zero-order valence-electron chi connectivity index (χ0n) is 9.28. The normalized spacial score (nSPS) is 15.9. The van der Waals surface area contributed by atoms with E-state index in [1.165, 1.54) is 6.07 Å². The molecule has 0 N–H and O–H groups in total. The predicted octanol–water partition coefficient (Wildman–Crippen LogP) is 2.83. The van der Waals surface area contributed by atoms with Gasteiger partial charge in [-0.15, -0.1) is 0 Å². The molecule has 0 radical (unpaired) electrons. The minimum atomic E-state index is -0.589. The van der Waals surface area contributed by atoms with Crippen molar-refractivity contribution in [1.29, 1.82) is 5.26 Å². The Balaban J connectivity index is 2.70. The Kier molecular flexibility index (Phi) is 2.48. The van der Waals surface area contributed by atoms with E-state index in [2.05, 4.69) is 0 Å². The van der Waals surface area contributed by atoms with E-state index in [9.17, 15) is 10.1 Å². The lowest BCUT2D eigenvalue weighted by molar-refractivity contribution is -0.384. The van der Waals surface area contributed by atoms with Crippen LogP contribution in [0.5, 0.6) is 5.75 Å². The number of nitro groups is 1. The number of benzene rings is 1. The van der Waals surface area contributed by atoms with E-state index in [1.807, 2.05) is 19.9 Å². The molecule has 0 aromatic heterocycles. The minimum absolute atomic E-state index is 0.0430. The summed E-state index contributed by atoms with van der Waals surface area (Å²) in [6.45, 7) is 3.71. The second-order valence-electron chi connectivity index (χ2n) is 4.48. The number of rotatable bonds is 1. The Morgan fingerprint density at radius 1 is 1.65 bits per heavy atom. The number of nitrogens with zero attached hydrogens (tertiary/aromatic N) is 2. The van der Waals surface area contributed by atoms with Gasteiger partial charge in [-0.25, -0.2) is 0 Å². The van der Waals surface area contributed by atoms with Crippen LogP contribution in [0.3, 0.4) is 0 Å². The highest BCUT2D eigenvalue weighted by Crippen LogP contribution is 2.44. The van der Waals surface area contributed by atoms with Crippen molar-refractivity contribution in [2.75, 3.05) is 0 Å². The molecule has 0 atom stereocenters. The van der Waals surface area contributed by atoms with Gasteiger partial charge in [0.1, 0.15) is 28.0 Å². The van der Waals surface area contributed by atoms with Crippen molar-refractivity contribution in [3.8, 4) is 11.8 Å². The van der Waals surface area contributed by atoms with Gasteiger partial charge in [-0.1, -0.05) is 11.6 Å². The molecule has 1 heterocycles. The average molecular weight is 253 g/mol. The maximum absolute atomic E-state index is 10.8. The summed E-state index contributed by atoms with van der Waals surface area (Å²) in [4.78, 5) is 10.2. The number of fused-ring (bicyclic) bond motifs is 1. The number of halogens is 1. The highest BCUT2D eigenvalue weighted by molar-refractivity contribution is 6.34. The Bertz CT molecular complexity index is 561. The average Bonchev–Trinajstić information content (AvgIpc) is 2.51. The fourth-order valence-corrected chi connectivity index (χ4v) is 2.19. The first-order valence-electron chi connectivity index (χ1n) is 4.94. The number of ether oxygens (including phenoxy) is 1. The molecular weight excluding hydrogens is 244 g/mol. The van der Waals surface area contributed by atoms with Gasteiger partial charge in [-0.2, -0.15) is 5.26 Å². The van der Waals surface area contributed by atoms with Crippen LogP contribution in [0, 0.1) is 21.4 Å². The molecular formula is C11H9ClN2O3. The SMILES string of the molecule is CC1(C)Cc2cc([N+](=O)[O-])c(Cl)c(C#N)c2O1. The first-order chi connectivity index (χ1) is 7.85. The third-order valence-corrected chi connectivity index (χ3v) is 2.96. The minimum Gasteiger partial charge on any atom is -0.486 e. The third-order valence-electron chi connectivity index (χ3n) is 2.58. The van der Waals surface area contributed by atoms with Gasteiger partial charge < -0.3 is 4.74 Å². The smallest absolute Gasteiger partial charge is 0.289 e. The van der Waals surface area contributed by atoms with E-state index >= 15 is 0 Å². The molecule has 1 aliphatic heterocycles. The molecule has 17 heavy (non-hydrogen) atoms. The highest BCUT2D eigenvalue weighted by Gasteiger charge is 2.36. The molecule has 0 saturated carbocycles. The van der Waals surface area contributed by atoms with E-state index in [0.717, 1.165) is 0 Å². The fourth-order valence-electron chi connectivity index (χ4n) is 1.93. The summed E-state index contributed by atoms with van der Waals surface area (Å²) < 4.78 is 5.60. The van der Waals surface area contributed by atoms with Crippen LogP contribution in [0.25, 0.3) is 0 Å². The second kappa shape index (κ2) is 3.60. The topological polar surface area (TPSA) is 76.2 Å². The van der Waals surface area contributed by atoms with Crippen molar-refractivity contribution in [2.45, 2.75) is 25.9 Å². The van der Waals surface area contributed by atoms with Gasteiger partial charge in [0.15, 0.2) is 0 Å². The van der Waals surface area contributed by atoms with Crippen LogP contribution in [0.4, 0.5) is 5.69 Å². The van der Waals surface area contributed by atoms with Crippen LogP contribution < -0.4 is 4.74 Å². The van der Waals surface area contributed by atoms with Crippen molar-refractivity contribution in [3.05, 3.63) is 32.3 Å². The summed E-state index contributed by atoms with van der Waals surface area (Å²) in [7, 11) is 0. The standard InChI is InChI=1S/C11H9ClN2O3/c1-11(2)4-6-3-8(14(15)16)9(12)7(5-13)10(6)17-11/h3H,4H2,1-2H3. The van der Waals surface area contributed by atoms with Crippen LogP contribution in [-0.4, -0.2) is 10.5 Å². The maximum Gasteiger partial charge on any atom is 0.289 e. The van der Waals surface area contributed by atoms with Crippen molar-refractivity contribution in [3.63, 3.8) is 0 Å². The second-order valence-corrected chi connectivity index (χ2v) is 4.86. The van der Waals surface area contributed by atoms with Crippen LogP contribution in [0.15, 0.2) is 6.07 Å². The van der Waals surface area contributed by atoms with Crippen molar-refractivity contribution in [1.82, 2.24) is 0 Å². The summed E-state index contributed by atoms with van der Waals surface area (Å²) in [5.41, 5.74) is -0.0145. The lowest BCUT2D eigenvalue weighted by Gasteiger charge is -2.17. The Morgan fingerprint density at radius 2 is 2.29 bits per heavy atom. The Labute approximate surface area is 103 Å². The Morgan fingerprint density at radius 3 is 2.82 bits per heavy atom. The number of hydrogen-bond acceptors (Lipinski definition) is 4. The summed E-state index contributed by atoms with van der Waals surface area (Å²) >= 11 is 5.84. The number of nitro benzene ring substituents is 1. The van der Waals surface area contributed by atoms with Gasteiger partial charge in [0.2, 0.25) is 0 Å². The maximum atomic E-state index is 10.8. The fraction of sp³-hybridized carbons (Fsp3) is 0.364. The molecule has 1 aromatic carbocycles. The van der Waals surface area contributed by atoms with Crippen molar-refractivity contribution >= 4 is 17.3 Å². The van der Waals surface area contributed by atoms with Crippen LogP contribution >= 0.6 is 11.6 Å². The molecule has 2 rings (SSSR count). The van der Waals surface area contributed by atoms with E-state index in [1.54, 1.807) is 0 Å². The van der Waals surface area contributed by atoms with Crippen LogP contribution in [0.2, 0.25) is 5.02 Å². The molecule has 0 bridgehead atoms. The summed E-state index contributed by atoms with van der Waals surface area (Å²) in [5.74, 6) is 0.369. The first kappa shape index (κ1) is 11.7. The summed E-state index contributed by atoms with van der Waals surface area (Å²) in [6.07, 6.45) is 0.523. The molecule has 6 heteroatoms. The van der Waals surface area contributed by atoms with Gasteiger partial charge in [-0.3, -0.25) is 10.1 Å². The molecule has 88 valence electrons. The van der Waals surface area contributed by atoms with Gasteiger partial charge >= 0.3 is 0 Å². The van der Waals surface area contributed by atoms with Gasteiger partial charge in [0.05, 0.1) is 4.92 Å².